The summed E-state index contributed by atoms with van der Waals surface area (Å²) < 4.78 is 53.9. The van der Waals surface area contributed by atoms with Gasteiger partial charge in [0, 0.05) is 30.1 Å². The Balaban J connectivity index is 1.16. The van der Waals surface area contributed by atoms with Crippen molar-refractivity contribution >= 4 is 32.3 Å². The van der Waals surface area contributed by atoms with Crippen LogP contribution in [0.3, 0.4) is 0 Å². The van der Waals surface area contributed by atoms with Gasteiger partial charge in [0.05, 0.1) is 17.4 Å². The van der Waals surface area contributed by atoms with Crippen molar-refractivity contribution in [2.75, 3.05) is 25.1 Å². The number of rotatable bonds is 5. The number of hydrogen-bond acceptors (Lipinski definition) is 6. The van der Waals surface area contributed by atoms with Gasteiger partial charge in [0.15, 0.2) is 5.13 Å². The summed E-state index contributed by atoms with van der Waals surface area (Å²) in [4.78, 5) is 7.24. The summed E-state index contributed by atoms with van der Waals surface area (Å²) in [7, 11) is 1.68. The number of allylic oxidation sites excluding steroid dienone is 2. The third-order valence-electron chi connectivity index (χ3n) is 8.34. The van der Waals surface area contributed by atoms with Gasteiger partial charge in [-0.2, -0.15) is 13.2 Å². The molecule has 2 aliphatic carbocycles. The number of aryl methyl sites for hydroxylation is 1. The van der Waals surface area contributed by atoms with E-state index < -0.39 is 11.7 Å². The fourth-order valence-electron chi connectivity index (χ4n) is 6.11. The van der Waals surface area contributed by atoms with Crippen LogP contribution in [0.25, 0.3) is 27.0 Å². The van der Waals surface area contributed by atoms with Crippen molar-refractivity contribution in [3.63, 3.8) is 0 Å². The van der Waals surface area contributed by atoms with E-state index in [1.807, 2.05) is 6.07 Å². The molecule has 0 unspecified atom stereocenters. The molecule has 4 aromatic rings. The number of nitrogens with zero attached hydrogens (tertiary/aromatic N) is 3. The molecule has 1 spiro atoms. The first kappa shape index (κ1) is 24.7. The molecule has 2 aromatic heterocycles. The molecule has 1 saturated carbocycles. The molecule has 0 bridgehead atoms. The van der Waals surface area contributed by atoms with E-state index in [9.17, 15) is 13.2 Å². The maximum Gasteiger partial charge on any atom is 0.417 e. The van der Waals surface area contributed by atoms with Crippen molar-refractivity contribution in [2.24, 2.45) is 5.41 Å². The van der Waals surface area contributed by atoms with Gasteiger partial charge in [-0.05, 0) is 73.8 Å². The first-order chi connectivity index (χ1) is 18.7. The Bertz CT molecular complexity index is 1610. The number of benzene rings is 2. The van der Waals surface area contributed by atoms with E-state index in [0.29, 0.717) is 5.69 Å². The molecule has 0 N–H and O–H groups in total. The molecule has 0 atom stereocenters. The zero-order chi connectivity index (χ0) is 26.9. The van der Waals surface area contributed by atoms with E-state index in [2.05, 4.69) is 29.1 Å². The highest BCUT2D eigenvalue weighted by molar-refractivity contribution is 7.22. The normalized spacial score (nSPS) is 18.9. The first-order valence-corrected chi connectivity index (χ1v) is 14.1. The average molecular weight is 552 g/mol. The third-order valence-corrected chi connectivity index (χ3v) is 9.40. The minimum atomic E-state index is -4.46. The van der Waals surface area contributed by atoms with Crippen molar-refractivity contribution < 1.29 is 22.4 Å². The van der Waals surface area contributed by atoms with Crippen LogP contribution in [-0.2, 0) is 6.18 Å². The number of anilines is 1. The van der Waals surface area contributed by atoms with Gasteiger partial charge in [0.2, 0.25) is 0 Å². The van der Waals surface area contributed by atoms with Crippen LogP contribution >= 0.6 is 11.3 Å². The van der Waals surface area contributed by atoms with Gasteiger partial charge in [0.1, 0.15) is 22.7 Å². The number of ether oxygens (including phenoxy) is 1. The average Bonchev–Trinajstić information content (AvgIpc) is 3.51. The van der Waals surface area contributed by atoms with E-state index in [4.69, 9.17) is 14.2 Å². The Morgan fingerprint density at radius 1 is 1.13 bits per heavy atom. The smallest absolute Gasteiger partial charge is 0.417 e. The second-order valence-electron chi connectivity index (χ2n) is 11.1. The second-order valence-corrected chi connectivity index (χ2v) is 12.1. The quantitative estimate of drug-likeness (QED) is 0.250. The van der Waals surface area contributed by atoms with Crippen LogP contribution in [-0.4, -0.2) is 30.3 Å². The van der Waals surface area contributed by atoms with Gasteiger partial charge >= 0.3 is 6.18 Å². The molecule has 3 aliphatic rings. The standard InChI is InChI=1S/C30H28F3N3O2S/c1-17-13-22(37-2)26-23(14-17)39-28(34-26)36-11-9-29(10-12-36)15-19(16-29)24-25(35-38-27(24)18-7-8-18)20-5-3-4-6-21(20)30(31,32)33/h3-6,13-15,18H,7-12,16H2,1-2H3. The molecule has 3 heterocycles. The summed E-state index contributed by atoms with van der Waals surface area (Å²) >= 11 is 1.69. The molecule has 2 fully saturated rings. The number of hydrogen-bond donors (Lipinski definition) is 0. The molecule has 9 heteroatoms. The summed E-state index contributed by atoms with van der Waals surface area (Å²) in [5.74, 6) is 1.80. The highest BCUT2D eigenvalue weighted by Crippen LogP contribution is 2.56. The van der Waals surface area contributed by atoms with E-state index in [1.54, 1.807) is 24.5 Å². The van der Waals surface area contributed by atoms with Crippen molar-refractivity contribution in [3.05, 3.63) is 64.9 Å². The van der Waals surface area contributed by atoms with E-state index in [0.717, 1.165) is 94.8 Å². The zero-order valence-electron chi connectivity index (χ0n) is 21.8. The molecule has 7 rings (SSSR count). The van der Waals surface area contributed by atoms with Gasteiger partial charge in [-0.15, -0.1) is 0 Å². The van der Waals surface area contributed by atoms with Crippen LogP contribution in [0.2, 0.25) is 0 Å². The Morgan fingerprint density at radius 2 is 1.87 bits per heavy atom. The molecule has 0 amide bonds. The number of fused-ring (bicyclic) bond motifs is 1. The van der Waals surface area contributed by atoms with E-state index >= 15 is 0 Å². The van der Waals surface area contributed by atoms with E-state index in [-0.39, 0.29) is 16.9 Å². The second kappa shape index (κ2) is 8.84. The lowest BCUT2D eigenvalue weighted by Gasteiger charge is -2.46. The van der Waals surface area contributed by atoms with Crippen LogP contribution in [0.4, 0.5) is 18.3 Å². The van der Waals surface area contributed by atoms with Gasteiger partial charge < -0.3 is 14.2 Å². The predicted octanol–water partition coefficient (Wildman–Crippen LogP) is 8.24. The van der Waals surface area contributed by atoms with Crippen LogP contribution in [0, 0.1) is 12.3 Å². The number of alkyl halides is 3. The fourth-order valence-corrected chi connectivity index (χ4v) is 7.24. The summed E-state index contributed by atoms with van der Waals surface area (Å²) in [6.07, 6.45) is 2.58. The number of halogens is 3. The lowest BCUT2D eigenvalue weighted by Crippen LogP contribution is -2.42. The highest BCUT2D eigenvalue weighted by Gasteiger charge is 2.45. The Morgan fingerprint density at radius 3 is 2.56 bits per heavy atom. The Hall–Kier alpha value is -3.33. The largest absolute Gasteiger partial charge is 0.494 e. The number of aromatic nitrogens is 2. The zero-order valence-corrected chi connectivity index (χ0v) is 22.6. The summed E-state index contributed by atoms with van der Waals surface area (Å²) in [5.41, 5.74) is 3.70. The van der Waals surface area contributed by atoms with Gasteiger partial charge in [-0.3, -0.25) is 0 Å². The first-order valence-electron chi connectivity index (χ1n) is 13.3. The molecule has 202 valence electrons. The van der Waals surface area contributed by atoms with Crippen LogP contribution in [0.5, 0.6) is 5.75 Å². The SMILES string of the molecule is COc1cc(C)cc2sc(N3CCC4(C=C(c5c(-c6ccccc6C(F)(F)F)noc5C5CC5)C4)CC3)nc12. The molecule has 1 saturated heterocycles. The number of piperidine rings is 1. The Kier molecular flexibility index (Phi) is 5.60. The van der Waals surface area contributed by atoms with Crippen molar-refractivity contribution in [2.45, 2.75) is 51.1 Å². The van der Waals surface area contributed by atoms with Gasteiger partial charge in [-0.25, -0.2) is 4.98 Å². The van der Waals surface area contributed by atoms with Gasteiger partial charge in [0.25, 0.3) is 0 Å². The van der Waals surface area contributed by atoms with Crippen molar-refractivity contribution in [1.82, 2.24) is 10.1 Å². The molecule has 39 heavy (non-hydrogen) atoms. The van der Waals surface area contributed by atoms with Crippen molar-refractivity contribution in [1.29, 1.82) is 0 Å². The Labute approximate surface area is 228 Å². The lowest BCUT2D eigenvalue weighted by atomic mass is 9.63. The molecule has 0 radical (unpaired) electrons. The topological polar surface area (TPSA) is 51.4 Å². The van der Waals surface area contributed by atoms with Crippen LogP contribution in [0.1, 0.15) is 60.5 Å². The summed E-state index contributed by atoms with van der Waals surface area (Å²) in [6, 6.07) is 9.84. The lowest BCUT2D eigenvalue weighted by molar-refractivity contribution is -0.137. The number of thiazole rings is 1. The predicted molar refractivity (Wildman–Crippen MR) is 146 cm³/mol. The molecule has 2 aromatic carbocycles. The third kappa shape index (κ3) is 4.22. The molecule has 5 nitrogen and oxygen atoms in total. The highest BCUT2D eigenvalue weighted by atomic mass is 32.1. The van der Waals surface area contributed by atoms with Crippen LogP contribution < -0.4 is 9.64 Å². The monoisotopic (exact) mass is 551 g/mol. The number of methoxy groups -OCH3 is 1. The maximum atomic E-state index is 13.8. The minimum absolute atomic E-state index is 0.0513. The van der Waals surface area contributed by atoms with Gasteiger partial charge in [-0.1, -0.05) is 40.8 Å². The summed E-state index contributed by atoms with van der Waals surface area (Å²) in [6.45, 7) is 3.82. The van der Waals surface area contributed by atoms with Crippen molar-refractivity contribution in [3.8, 4) is 17.0 Å². The van der Waals surface area contributed by atoms with Crippen LogP contribution in [0.15, 0.2) is 47.0 Å². The molecular weight excluding hydrogens is 523 g/mol. The molecule has 1 aliphatic heterocycles. The maximum absolute atomic E-state index is 13.8. The fraction of sp³-hybridized carbons (Fsp3) is 0.400. The molecular formula is C30H28F3N3O2S. The summed E-state index contributed by atoms with van der Waals surface area (Å²) in [5, 5.41) is 5.22. The van der Waals surface area contributed by atoms with E-state index in [1.165, 1.54) is 12.1 Å². The minimum Gasteiger partial charge on any atom is -0.494 e.